The summed E-state index contributed by atoms with van der Waals surface area (Å²) in [6.07, 6.45) is 2.79. The zero-order valence-corrected chi connectivity index (χ0v) is 9.55. The van der Waals surface area contributed by atoms with Gasteiger partial charge in [0.1, 0.15) is 0 Å². The Morgan fingerprint density at radius 1 is 1.21 bits per heavy atom. The molecule has 0 aromatic heterocycles. The third kappa shape index (κ3) is 2.27. The lowest BCUT2D eigenvalue weighted by atomic mass is 9.72. The Labute approximate surface area is 87.4 Å². The van der Waals surface area contributed by atoms with E-state index in [1.807, 2.05) is 0 Å². The molecule has 3 heteroatoms. The number of hydrogen-bond acceptors (Lipinski definition) is 3. The highest BCUT2D eigenvalue weighted by Crippen LogP contribution is 2.38. The highest BCUT2D eigenvalue weighted by molar-refractivity contribution is 4.97. The van der Waals surface area contributed by atoms with Gasteiger partial charge >= 0.3 is 0 Å². The smallest absolute Gasteiger partial charge is 0.0110 e. The lowest BCUT2D eigenvalue weighted by Crippen LogP contribution is -2.60. The summed E-state index contributed by atoms with van der Waals surface area (Å²) in [4.78, 5) is 4.87. The van der Waals surface area contributed by atoms with Gasteiger partial charge in [-0.2, -0.15) is 0 Å². The van der Waals surface area contributed by atoms with Gasteiger partial charge in [0.25, 0.3) is 0 Å². The molecule has 2 fully saturated rings. The average Bonchev–Trinajstić information content (AvgIpc) is 2.12. The zero-order valence-electron chi connectivity index (χ0n) is 9.55. The lowest BCUT2D eigenvalue weighted by molar-refractivity contribution is -0.0250. The fourth-order valence-corrected chi connectivity index (χ4v) is 2.68. The Bertz CT molecular complexity index is 177. The molecule has 2 saturated heterocycles. The summed E-state index contributed by atoms with van der Waals surface area (Å²) >= 11 is 0. The highest BCUT2D eigenvalue weighted by Gasteiger charge is 2.42. The van der Waals surface area contributed by atoms with Crippen LogP contribution in [0.2, 0.25) is 0 Å². The second kappa shape index (κ2) is 4.17. The summed E-state index contributed by atoms with van der Waals surface area (Å²) in [5.74, 6) is 0. The summed E-state index contributed by atoms with van der Waals surface area (Å²) in [5.41, 5.74) is 0.706. The largest absolute Gasteiger partial charge is 0.317 e. The van der Waals surface area contributed by atoms with E-state index in [-0.39, 0.29) is 0 Å². The molecule has 0 aromatic rings. The molecule has 0 amide bonds. The quantitative estimate of drug-likeness (QED) is 0.699. The monoisotopic (exact) mass is 197 g/mol. The van der Waals surface area contributed by atoms with Crippen LogP contribution in [0.5, 0.6) is 0 Å². The van der Waals surface area contributed by atoms with E-state index in [0.717, 1.165) is 0 Å². The van der Waals surface area contributed by atoms with Gasteiger partial charge in [-0.05, 0) is 45.4 Å². The first-order chi connectivity index (χ1) is 6.70. The van der Waals surface area contributed by atoms with E-state index in [4.69, 9.17) is 0 Å². The molecule has 2 heterocycles. The summed E-state index contributed by atoms with van der Waals surface area (Å²) in [5, 5.41) is 3.45. The molecule has 0 unspecified atom stereocenters. The van der Waals surface area contributed by atoms with Crippen molar-refractivity contribution in [3.05, 3.63) is 0 Å². The van der Waals surface area contributed by atoms with Crippen molar-refractivity contribution < 1.29 is 0 Å². The second-order valence-electron chi connectivity index (χ2n) is 5.26. The standard InChI is InChI=1S/C11H23N3/c1-13(2)7-8-14-9-11(10-14)3-5-12-6-4-11/h12H,3-10H2,1-2H3. The predicted molar refractivity (Wildman–Crippen MR) is 59.5 cm³/mol. The van der Waals surface area contributed by atoms with E-state index in [2.05, 4.69) is 29.2 Å². The first kappa shape index (κ1) is 10.4. The molecule has 0 bridgehead atoms. The lowest BCUT2D eigenvalue weighted by Gasteiger charge is -2.52. The van der Waals surface area contributed by atoms with Crippen molar-refractivity contribution in [2.45, 2.75) is 12.8 Å². The zero-order chi connectivity index (χ0) is 10.0. The van der Waals surface area contributed by atoms with Gasteiger partial charge in [-0.1, -0.05) is 0 Å². The van der Waals surface area contributed by atoms with E-state index in [0.29, 0.717) is 5.41 Å². The number of likely N-dealkylation sites (N-methyl/N-ethyl adjacent to an activating group) is 1. The molecule has 1 spiro atoms. The Morgan fingerprint density at radius 3 is 2.43 bits per heavy atom. The third-order valence-corrected chi connectivity index (χ3v) is 3.65. The summed E-state index contributed by atoms with van der Waals surface area (Å²) in [6, 6.07) is 0. The van der Waals surface area contributed by atoms with Gasteiger partial charge < -0.3 is 15.1 Å². The van der Waals surface area contributed by atoms with Crippen LogP contribution in [0.3, 0.4) is 0 Å². The van der Waals surface area contributed by atoms with Gasteiger partial charge in [0, 0.05) is 26.2 Å². The van der Waals surface area contributed by atoms with E-state index >= 15 is 0 Å². The molecular formula is C11H23N3. The molecule has 2 aliphatic rings. The molecule has 3 nitrogen and oxygen atoms in total. The molecule has 82 valence electrons. The van der Waals surface area contributed by atoms with Crippen LogP contribution in [-0.2, 0) is 0 Å². The normalized spacial score (nSPS) is 26.8. The summed E-state index contributed by atoms with van der Waals surface area (Å²) in [7, 11) is 4.31. The minimum Gasteiger partial charge on any atom is -0.317 e. The van der Waals surface area contributed by atoms with Crippen molar-refractivity contribution in [3.63, 3.8) is 0 Å². The first-order valence-electron chi connectivity index (χ1n) is 5.78. The van der Waals surface area contributed by atoms with E-state index in [1.54, 1.807) is 0 Å². The third-order valence-electron chi connectivity index (χ3n) is 3.65. The van der Waals surface area contributed by atoms with Gasteiger partial charge in [0.05, 0.1) is 0 Å². The Kier molecular flexibility index (Phi) is 3.10. The number of hydrogen-bond donors (Lipinski definition) is 1. The van der Waals surface area contributed by atoms with Crippen molar-refractivity contribution in [2.75, 3.05) is 53.4 Å². The molecule has 2 rings (SSSR count). The van der Waals surface area contributed by atoms with Crippen molar-refractivity contribution in [1.82, 2.24) is 15.1 Å². The summed E-state index contributed by atoms with van der Waals surface area (Å²) in [6.45, 7) is 7.63. The minimum absolute atomic E-state index is 0.706. The summed E-state index contributed by atoms with van der Waals surface area (Å²) < 4.78 is 0. The van der Waals surface area contributed by atoms with Crippen LogP contribution < -0.4 is 5.32 Å². The number of nitrogens with one attached hydrogen (secondary N) is 1. The van der Waals surface area contributed by atoms with Gasteiger partial charge in [0.15, 0.2) is 0 Å². The van der Waals surface area contributed by atoms with Crippen molar-refractivity contribution in [3.8, 4) is 0 Å². The number of likely N-dealkylation sites (tertiary alicyclic amines) is 1. The molecule has 0 aliphatic carbocycles. The van der Waals surface area contributed by atoms with Gasteiger partial charge in [0.2, 0.25) is 0 Å². The minimum atomic E-state index is 0.706. The maximum absolute atomic E-state index is 3.45. The van der Waals surface area contributed by atoms with Crippen molar-refractivity contribution in [1.29, 1.82) is 0 Å². The van der Waals surface area contributed by atoms with Gasteiger partial charge in [-0.25, -0.2) is 0 Å². The SMILES string of the molecule is CN(C)CCN1CC2(CCNCC2)C1. The van der Waals surface area contributed by atoms with Crippen LogP contribution in [0.15, 0.2) is 0 Å². The first-order valence-corrected chi connectivity index (χ1v) is 5.78. The molecule has 0 aromatic carbocycles. The van der Waals surface area contributed by atoms with Crippen molar-refractivity contribution >= 4 is 0 Å². The second-order valence-corrected chi connectivity index (χ2v) is 5.26. The van der Waals surface area contributed by atoms with E-state index in [1.165, 1.54) is 52.1 Å². The van der Waals surface area contributed by atoms with Crippen LogP contribution >= 0.6 is 0 Å². The van der Waals surface area contributed by atoms with Crippen LogP contribution in [0, 0.1) is 5.41 Å². The fraction of sp³-hybridized carbons (Fsp3) is 1.00. The highest BCUT2D eigenvalue weighted by atomic mass is 15.2. The van der Waals surface area contributed by atoms with Crippen LogP contribution in [0.25, 0.3) is 0 Å². The topological polar surface area (TPSA) is 18.5 Å². The Morgan fingerprint density at radius 2 is 1.86 bits per heavy atom. The van der Waals surface area contributed by atoms with Crippen LogP contribution in [0.4, 0.5) is 0 Å². The van der Waals surface area contributed by atoms with Crippen LogP contribution in [0.1, 0.15) is 12.8 Å². The predicted octanol–water partition coefficient (Wildman–Crippen LogP) is 0.233. The number of nitrogens with zero attached hydrogens (tertiary/aromatic N) is 2. The van der Waals surface area contributed by atoms with Gasteiger partial charge in [-0.3, -0.25) is 0 Å². The Hall–Kier alpha value is -0.120. The molecule has 1 N–H and O–H groups in total. The fourth-order valence-electron chi connectivity index (χ4n) is 2.68. The molecule has 0 saturated carbocycles. The van der Waals surface area contributed by atoms with Crippen molar-refractivity contribution in [2.24, 2.45) is 5.41 Å². The molecular weight excluding hydrogens is 174 g/mol. The maximum Gasteiger partial charge on any atom is 0.0110 e. The van der Waals surface area contributed by atoms with E-state index < -0.39 is 0 Å². The molecule has 0 radical (unpaired) electrons. The molecule has 2 aliphatic heterocycles. The van der Waals surface area contributed by atoms with E-state index in [9.17, 15) is 0 Å². The number of rotatable bonds is 3. The molecule has 14 heavy (non-hydrogen) atoms. The molecule has 0 atom stereocenters. The van der Waals surface area contributed by atoms with Gasteiger partial charge in [-0.15, -0.1) is 0 Å². The Balaban J connectivity index is 1.67. The maximum atomic E-state index is 3.45. The van der Waals surface area contributed by atoms with Crippen LogP contribution in [-0.4, -0.2) is 63.2 Å². The number of piperidine rings is 1. The average molecular weight is 197 g/mol.